The standard InChI is InChI=1S/C14H21ClN2O/c1-9-6-13(14(18-3)8-12(9)15)17-5-4-11(16)7-10(17)2/h6,8,10-11H,4-5,7,16H2,1-3H3. The van der Waals surface area contributed by atoms with E-state index in [2.05, 4.69) is 17.9 Å². The molecule has 2 N–H and O–H groups in total. The van der Waals surface area contributed by atoms with Crippen LogP contribution in [0.1, 0.15) is 25.3 Å². The number of ether oxygens (including phenoxy) is 1. The van der Waals surface area contributed by atoms with E-state index in [1.807, 2.05) is 13.0 Å². The fourth-order valence-corrected chi connectivity index (χ4v) is 2.76. The molecule has 1 aromatic rings. The van der Waals surface area contributed by atoms with E-state index in [-0.39, 0.29) is 0 Å². The van der Waals surface area contributed by atoms with Gasteiger partial charge in [0.2, 0.25) is 0 Å². The summed E-state index contributed by atoms with van der Waals surface area (Å²) in [6, 6.07) is 4.75. The van der Waals surface area contributed by atoms with Crippen molar-refractivity contribution < 1.29 is 4.74 Å². The lowest BCUT2D eigenvalue weighted by Crippen LogP contribution is -2.45. The molecule has 0 radical (unpaired) electrons. The maximum Gasteiger partial charge on any atom is 0.143 e. The molecule has 0 spiro atoms. The molecule has 0 aromatic heterocycles. The van der Waals surface area contributed by atoms with Gasteiger partial charge in [0.15, 0.2) is 0 Å². The zero-order valence-corrected chi connectivity index (χ0v) is 12.0. The predicted octanol–water partition coefficient (Wildman–Crippen LogP) is 2.97. The second kappa shape index (κ2) is 5.37. The van der Waals surface area contributed by atoms with Gasteiger partial charge in [0.05, 0.1) is 12.8 Å². The van der Waals surface area contributed by atoms with Crippen LogP contribution in [0.3, 0.4) is 0 Å². The van der Waals surface area contributed by atoms with Crippen LogP contribution in [0.2, 0.25) is 5.02 Å². The van der Waals surface area contributed by atoms with Gasteiger partial charge in [0, 0.05) is 29.7 Å². The van der Waals surface area contributed by atoms with Gasteiger partial charge in [-0.05, 0) is 38.3 Å². The number of nitrogens with zero attached hydrogens (tertiary/aromatic N) is 1. The average molecular weight is 269 g/mol. The van der Waals surface area contributed by atoms with E-state index in [4.69, 9.17) is 22.1 Å². The van der Waals surface area contributed by atoms with Gasteiger partial charge >= 0.3 is 0 Å². The highest BCUT2D eigenvalue weighted by Gasteiger charge is 2.25. The van der Waals surface area contributed by atoms with E-state index < -0.39 is 0 Å². The first-order valence-corrected chi connectivity index (χ1v) is 6.77. The molecule has 0 saturated carbocycles. The lowest BCUT2D eigenvalue weighted by Gasteiger charge is -2.39. The summed E-state index contributed by atoms with van der Waals surface area (Å²) in [7, 11) is 1.69. The van der Waals surface area contributed by atoms with Crippen molar-refractivity contribution in [2.45, 2.75) is 38.8 Å². The maximum atomic E-state index is 6.14. The van der Waals surface area contributed by atoms with Crippen molar-refractivity contribution in [2.75, 3.05) is 18.6 Å². The lowest BCUT2D eigenvalue weighted by atomic mass is 9.98. The molecule has 100 valence electrons. The molecule has 0 bridgehead atoms. The summed E-state index contributed by atoms with van der Waals surface area (Å²) in [5.41, 5.74) is 8.21. The Morgan fingerprint density at radius 1 is 1.44 bits per heavy atom. The summed E-state index contributed by atoms with van der Waals surface area (Å²) in [4.78, 5) is 2.37. The smallest absolute Gasteiger partial charge is 0.143 e. The number of aryl methyl sites for hydroxylation is 1. The number of methoxy groups -OCH3 is 1. The molecule has 2 unspecified atom stereocenters. The quantitative estimate of drug-likeness (QED) is 0.896. The first kappa shape index (κ1) is 13.5. The summed E-state index contributed by atoms with van der Waals surface area (Å²) < 4.78 is 5.45. The van der Waals surface area contributed by atoms with E-state index in [9.17, 15) is 0 Å². The SMILES string of the molecule is COc1cc(Cl)c(C)cc1N1CCC(N)CC1C. The van der Waals surface area contributed by atoms with Gasteiger partial charge in [-0.15, -0.1) is 0 Å². The Balaban J connectivity index is 2.35. The van der Waals surface area contributed by atoms with Gasteiger partial charge in [-0.3, -0.25) is 0 Å². The summed E-state index contributed by atoms with van der Waals surface area (Å²) in [6.45, 7) is 5.20. The maximum absolute atomic E-state index is 6.14. The second-order valence-corrected chi connectivity index (χ2v) is 5.51. The molecule has 1 saturated heterocycles. The number of hydrogen-bond acceptors (Lipinski definition) is 3. The first-order valence-electron chi connectivity index (χ1n) is 6.39. The van der Waals surface area contributed by atoms with Crippen molar-refractivity contribution in [1.29, 1.82) is 0 Å². The number of halogens is 1. The van der Waals surface area contributed by atoms with Crippen molar-refractivity contribution >= 4 is 17.3 Å². The van der Waals surface area contributed by atoms with Crippen molar-refractivity contribution in [3.63, 3.8) is 0 Å². The van der Waals surface area contributed by atoms with Crippen molar-refractivity contribution in [2.24, 2.45) is 5.73 Å². The Bertz CT molecular complexity index is 436. The van der Waals surface area contributed by atoms with Crippen LogP contribution in [-0.4, -0.2) is 25.7 Å². The topological polar surface area (TPSA) is 38.5 Å². The predicted molar refractivity (Wildman–Crippen MR) is 76.8 cm³/mol. The van der Waals surface area contributed by atoms with Crippen LogP contribution < -0.4 is 15.4 Å². The molecule has 4 heteroatoms. The third-order valence-corrected chi connectivity index (χ3v) is 4.09. The van der Waals surface area contributed by atoms with Crippen LogP contribution in [0, 0.1) is 6.92 Å². The van der Waals surface area contributed by atoms with Crippen molar-refractivity contribution in [1.82, 2.24) is 0 Å². The van der Waals surface area contributed by atoms with Gasteiger partial charge in [-0.2, -0.15) is 0 Å². The number of piperidine rings is 1. The number of nitrogens with two attached hydrogens (primary N) is 1. The normalized spacial score (nSPS) is 24.2. The molecular weight excluding hydrogens is 248 g/mol. The Morgan fingerprint density at radius 2 is 2.17 bits per heavy atom. The number of hydrogen-bond donors (Lipinski definition) is 1. The third kappa shape index (κ3) is 2.57. The van der Waals surface area contributed by atoms with Gasteiger partial charge < -0.3 is 15.4 Å². The molecule has 1 heterocycles. The van der Waals surface area contributed by atoms with Crippen molar-refractivity contribution in [3.8, 4) is 5.75 Å². The highest BCUT2D eigenvalue weighted by Crippen LogP contribution is 2.36. The van der Waals surface area contributed by atoms with Gasteiger partial charge in [0.25, 0.3) is 0 Å². The van der Waals surface area contributed by atoms with E-state index in [1.54, 1.807) is 7.11 Å². The fraction of sp³-hybridized carbons (Fsp3) is 0.571. The van der Waals surface area contributed by atoms with E-state index in [0.29, 0.717) is 12.1 Å². The van der Waals surface area contributed by atoms with Crippen LogP contribution in [0.25, 0.3) is 0 Å². The molecule has 2 rings (SSSR count). The summed E-state index contributed by atoms with van der Waals surface area (Å²) in [5, 5.41) is 0.747. The minimum absolute atomic E-state index is 0.315. The average Bonchev–Trinajstić information content (AvgIpc) is 2.32. The molecule has 1 aromatic carbocycles. The summed E-state index contributed by atoms with van der Waals surface area (Å²) in [6.07, 6.45) is 2.04. The molecule has 0 aliphatic carbocycles. The highest BCUT2D eigenvalue weighted by atomic mass is 35.5. The Morgan fingerprint density at radius 3 is 2.78 bits per heavy atom. The second-order valence-electron chi connectivity index (χ2n) is 5.10. The van der Waals surface area contributed by atoms with Crippen LogP contribution in [0.15, 0.2) is 12.1 Å². The minimum Gasteiger partial charge on any atom is -0.495 e. The van der Waals surface area contributed by atoms with Crippen LogP contribution in [0.5, 0.6) is 5.75 Å². The largest absolute Gasteiger partial charge is 0.495 e. The summed E-state index contributed by atoms with van der Waals surface area (Å²) >= 11 is 6.14. The lowest BCUT2D eigenvalue weighted by molar-refractivity contribution is 0.398. The molecular formula is C14H21ClN2O. The number of rotatable bonds is 2. The monoisotopic (exact) mass is 268 g/mol. The summed E-state index contributed by atoms with van der Waals surface area (Å²) in [5.74, 6) is 0.841. The minimum atomic E-state index is 0.315. The molecule has 1 aliphatic heterocycles. The molecule has 0 amide bonds. The highest BCUT2D eigenvalue weighted by molar-refractivity contribution is 6.31. The third-order valence-electron chi connectivity index (χ3n) is 3.69. The molecule has 3 nitrogen and oxygen atoms in total. The van der Waals surface area contributed by atoms with Gasteiger partial charge in [0.1, 0.15) is 5.75 Å². The Kier molecular flexibility index (Phi) is 4.03. The van der Waals surface area contributed by atoms with Crippen LogP contribution in [-0.2, 0) is 0 Å². The Labute approximate surface area is 114 Å². The zero-order chi connectivity index (χ0) is 13.3. The fourth-order valence-electron chi connectivity index (χ4n) is 2.60. The first-order chi connectivity index (χ1) is 8.52. The van der Waals surface area contributed by atoms with Crippen LogP contribution in [0.4, 0.5) is 5.69 Å². The van der Waals surface area contributed by atoms with E-state index >= 15 is 0 Å². The number of anilines is 1. The Hall–Kier alpha value is -0.930. The van der Waals surface area contributed by atoms with E-state index in [1.165, 1.54) is 0 Å². The van der Waals surface area contributed by atoms with E-state index in [0.717, 1.165) is 41.4 Å². The molecule has 1 aliphatic rings. The molecule has 18 heavy (non-hydrogen) atoms. The molecule has 2 atom stereocenters. The number of benzene rings is 1. The van der Waals surface area contributed by atoms with Crippen LogP contribution >= 0.6 is 11.6 Å². The van der Waals surface area contributed by atoms with Gasteiger partial charge in [-0.1, -0.05) is 11.6 Å². The van der Waals surface area contributed by atoms with Crippen molar-refractivity contribution in [3.05, 3.63) is 22.7 Å². The zero-order valence-electron chi connectivity index (χ0n) is 11.2. The van der Waals surface area contributed by atoms with Gasteiger partial charge in [-0.25, -0.2) is 0 Å². The molecule has 1 fully saturated rings.